The van der Waals surface area contributed by atoms with Crippen LogP contribution in [0, 0.1) is 13.8 Å². The van der Waals surface area contributed by atoms with Crippen LogP contribution in [0.5, 0.6) is 5.75 Å². The number of thioether (sulfide) groups is 1. The van der Waals surface area contributed by atoms with Crippen LogP contribution in [0.2, 0.25) is 0 Å². The Hall–Kier alpha value is -4.69. The zero-order chi connectivity index (χ0) is 32.3. The van der Waals surface area contributed by atoms with Crippen molar-refractivity contribution in [3.05, 3.63) is 83.7 Å². The van der Waals surface area contributed by atoms with E-state index < -0.39 is 12.4 Å². The average Bonchev–Trinajstić information content (AvgIpc) is 3.61. The largest absolute Gasteiger partial charge is 0.573 e. The zero-order valence-electron chi connectivity index (χ0n) is 24.8. The average molecular weight is 639 g/mol. The Morgan fingerprint density at radius 3 is 2.56 bits per heavy atom. The molecule has 0 aliphatic carbocycles. The number of alkyl halides is 3. The number of aromatic nitrogens is 3. The second-order valence-electron chi connectivity index (χ2n) is 10.1. The zero-order valence-corrected chi connectivity index (χ0v) is 25.6. The van der Waals surface area contributed by atoms with E-state index in [0.29, 0.717) is 40.6 Å². The van der Waals surface area contributed by atoms with E-state index in [1.807, 2.05) is 39.0 Å². The van der Waals surface area contributed by atoms with Crippen molar-refractivity contribution in [2.24, 2.45) is 4.99 Å². The first kappa shape index (κ1) is 31.7. The molecule has 1 aromatic heterocycles. The van der Waals surface area contributed by atoms with Crippen LogP contribution in [-0.2, 0) is 9.53 Å². The summed E-state index contributed by atoms with van der Waals surface area (Å²) in [6, 6.07) is 15.6. The van der Waals surface area contributed by atoms with E-state index in [0.717, 1.165) is 11.1 Å². The molecule has 14 heteroatoms. The number of urea groups is 1. The minimum atomic E-state index is -4.78. The van der Waals surface area contributed by atoms with Gasteiger partial charge in [-0.25, -0.2) is 14.5 Å². The number of hydrogen-bond acceptors (Lipinski definition) is 7. The predicted molar refractivity (Wildman–Crippen MR) is 166 cm³/mol. The molecule has 234 valence electrons. The number of nitrogens with zero attached hydrogens (tertiary/aromatic N) is 5. The number of anilines is 2. The van der Waals surface area contributed by atoms with E-state index in [1.165, 1.54) is 51.9 Å². The molecule has 5 rings (SSSR count). The summed E-state index contributed by atoms with van der Waals surface area (Å²) in [5, 5.41) is 7.48. The smallest absolute Gasteiger partial charge is 0.406 e. The topological polar surface area (TPSA) is 111 Å². The van der Waals surface area contributed by atoms with Crippen molar-refractivity contribution in [3.63, 3.8) is 0 Å². The quantitative estimate of drug-likeness (QED) is 0.217. The van der Waals surface area contributed by atoms with E-state index in [1.54, 1.807) is 25.1 Å². The lowest BCUT2D eigenvalue weighted by Crippen LogP contribution is -2.31. The molecule has 1 N–H and O–H groups in total. The van der Waals surface area contributed by atoms with Crippen molar-refractivity contribution in [2.75, 3.05) is 22.6 Å². The lowest BCUT2D eigenvalue weighted by Gasteiger charge is -2.23. The van der Waals surface area contributed by atoms with E-state index in [2.05, 4.69) is 25.1 Å². The number of carbonyl (C=O) groups is 2. The van der Waals surface area contributed by atoms with Gasteiger partial charge in [0.2, 0.25) is 5.91 Å². The lowest BCUT2D eigenvalue weighted by molar-refractivity contribution is -0.274. The number of aliphatic imine (C=N–C) groups is 1. The number of ether oxygens (including phenoxy) is 2. The molecule has 0 saturated carbocycles. The Morgan fingerprint density at radius 1 is 1.11 bits per heavy atom. The van der Waals surface area contributed by atoms with E-state index in [4.69, 9.17) is 4.74 Å². The molecule has 1 unspecified atom stereocenters. The third-order valence-corrected chi connectivity index (χ3v) is 7.72. The third kappa shape index (κ3) is 7.52. The van der Waals surface area contributed by atoms with Gasteiger partial charge in [-0.3, -0.25) is 9.69 Å². The van der Waals surface area contributed by atoms with Crippen LogP contribution in [0.15, 0.2) is 72.0 Å². The number of hydrogen-bond donors (Lipinski definition) is 1. The molecule has 45 heavy (non-hydrogen) atoms. The highest BCUT2D eigenvalue weighted by Crippen LogP contribution is 2.35. The third-order valence-electron chi connectivity index (χ3n) is 6.80. The minimum Gasteiger partial charge on any atom is -0.406 e. The summed E-state index contributed by atoms with van der Waals surface area (Å²) in [5.74, 6) is -0.0619. The Kier molecular flexibility index (Phi) is 9.25. The number of carbonyl (C=O) groups excluding carboxylic acids is 2. The summed E-state index contributed by atoms with van der Waals surface area (Å²) in [6.07, 6.45) is -3.57. The maximum atomic E-state index is 13.0. The van der Waals surface area contributed by atoms with E-state index in [9.17, 15) is 22.8 Å². The molecule has 1 atom stereocenters. The molecule has 1 fully saturated rings. The van der Waals surface area contributed by atoms with Crippen molar-refractivity contribution in [1.82, 2.24) is 14.8 Å². The summed E-state index contributed by atoms with van der Waals surface area (Å²) >= 11 is 1.19. The Morgan fingerprint density at radius 2 is 1.87 bits per heavy atom. The SMILES string of the molecule is CCOC(C)c1ccc(C)cc1N1C(=O)CS/C1=N\C(=O)Nc1ccc(-n2cnc(-c3ccc(OC(F)(F)F)cc3)n2)cc1C. The standard InChI is InChI=1S/C31H29F3N6O4S/c1-5-43-20(4)24-12-6-18(2)14-26(24)40-27(41)16-45-30(40)37-29(42)36-25-13-9-22(15-19(25)3)39-17-35-28(38-39)21-7-10-23(11-8-21)44-31(32,33)34/h6-15,17,20H,5,16H2,1-4H3,(H,36,42)/b37-30-. The summed E-state index contributed by atoms with van der Waals surface area (Å²) in [5.41, 5.74) is 4.78. The maximum absolute atomic E-state index is 13.0. The highest BCUT2D eigenvalue weighted by Gasteiger charge is 2.33. The molecule has 0 radical (unpaired) electrons. The summed E-state index contributed by atoms with van der Waals surface area (Å²) in [4.78, 5) is 35.9. The second kappa shape index (κ2) is 13.1. The van der Waals surface area contributed by atoms with Crippen LogP contribution in [0.1, 0.15) is 36.6 Å². The molecular formula is C31H29F3N6O4S. The van der Waals surface area contributed by atoms with Crippen molar-refractivity contribution in [3.8, 4) is 22.8 Å². The number of rotatable bonds is 8. The van der Waals surface area contributed by atoms with Crippen LogP contribution in [0.25, 0.3) is 17.1 Å². The summed E-state index contributed by atoms with van der Waals surface area (Å²) < 4.78 is 48.5. The van der Waals surface area contributed by atoms with Gasteiger partial charge in [-0.05, 0) is 87.4 Å². The van der Waals surface area contributed by atoms with Crippen LogP contribution in [-0.4, -0.2) is 50.6 Å². The molecule has 1 saturated heterocycles. The van der Waals surface area contributed by atoms with Gasteiger partial charge in [0.1, 0.15) is 12.1 Å². The molecule has 10 nitrogen and oxygen atoms in total. The number of amidine groups is 1. The lowest BCUT2D eigenvalue weighted by atomic mass is 10.0. The molecule has 4 aromatic rings. The van der Waals surface area contributed by atoms with Crippen molar-refractivity contribution in [1.29, 1.82) is 0 Å². The number of amides is 3. The molecule has 1 aliphatic rings. The first-order valence-corrected chi connectivity index (χ1v) is 14.9. The van der Waals surface area contributed by atoms with Gasteiger partial charge in [0.05, 0.1) is 23.2 Å². The Balaban J connectivity index is 1.31. The summed E-state index contributed by atoms with van der Waals surface area (Å²) in [6.45, 7) is 8.05. The maximum Gasteiger partial charge on any atom is 0.573 e. The van der Waals surface area contributed by atoms with Crippen molar-refractivity contribution in [2.45, 2.75) is 40.2 Å². The predicted octanol–water partition coefficient (Wildman–Crippen LogP) is 7.22. The van der Waals surface area contributed by atoms with Gasteiger partial charge in [0.25, 0.3) is 0 Å². The number of halogens is 3. The number of benzene rings is 3. The minimum absolute atomic E-state index is 0.154. The monoisotopic (exact) mass is 638 g/mol. The molecule has 3 aromatic carbocycles. The second-order valence-corrected chi connectivity index (χ2v) is 11.0. The fourth-order valence-electron chi connectivity index (χ4n) is 4.70. The van der Waals surface area contributed by atoms with Gasteiger partial charge in [-0.2, -0.15) is 4.99 Å². The normalized spacial score (nSPS) is 15.0. The first-order valence-electron chi connectivity index (χ1n) is 13.9. The highest BCUT2D eigenvalue weighted by atomic mass is 32.2. The van der Waals surface area contributed by atoms with Gasteiger partial charge in [0, 0.05) is 23.4 Å². The van der Waals surface area contributed by atoms with Crippen LogP contribution in [0.4, 0.5) is 29.3 Å². The van der Waals surface area contributed by atoms with E-state index >= 15 is 0 Å². The van der Waals surface area contributed by atoms with Gasteiger partial charge < -0.3 is 14.8 Å². The van der Waals surface area contributed by atoms with Crippen LogP contribution < -0.4 is 15.0 Å². The van der Waals surface area contributed by atoms with Gasteiger partial charge in [-0.1, -0.05) is 23.9 Å². The molecular weight excluding hydrogens is 609 g/mol. The molecule has 0 spiro atoms. The van der Waals surface area contributed by atoms with Crippen LogP contribution in [0.3, 0.4) is 0 Å². The molecule has 1 aliphatic heterocycles. The molecule has 2 heterocycles. The van der Waals surface area contributed by atoms with Gasteiger partial charge in [-0.15, -0.1) is 18.3 Å². The van der Waals surface area contributed by atoms with Crippen LogP contribution >= 0.6 is 11.8 Å². The first-order chi connectivity index (χ1) is 21.4. The molecule has 0 bridgehead atoms. The fourth-order valence-corrected chi connectivity index (χ4v) is 5.56. The number of nitrogens with one attached hydrogen (secondary N) is 1. The van der Waals surface area contributed by atoms with Gasteiger partial charge >= 0.3 is 12.4 Å². The Bertz CT molecular complexity index is 1760. The number of aryl methyl sites for hydroxylation is 2. The molecule has 3 amide bonds. The highest BCUT2D eigenvalue weighted by molar-refractivity contribution is 8.15. The Labute approximate surface area is 261 Å². The van der Waals surface area contributed by atoms with Crippen molar-refractivity contribution < 1.29 is 32.2 Å². The van der Waals surface area contributed by atoms with E-state index in [-0.39, 0.29) is 28.7 Å². The van der Waals surface area contributed by atoms with Gasteiger partial charge in [0.15, 0.2) is 11.0 Å². The fraction of sp³-hybridized carbons (Fsp3) is 0.258. The summed E-state index contributed by atoms with van der Waals surface area (Å²) in [7, 11) is 0. The van der Waals surface area contributed by atoms with Crippen molar-refractivity contribution >= 4 is 40.2 Å².